The van der Waals surface area contributed by atoms with Gasteiger partial charge in [0.05, 0.1) is 13.2 Å². The maximum Gasteiger partial charge on any atom is 0.223 e. The molecule has 0 radical (unpaired) electrons. The molecule has 20 heavy (non-hydrogen) atoms. The number of likely N-dealkylation sites (tertiary alicyclic amines) is 1. The van der Waals surface area contributed by atoms with E-state index in [2.05, 4.69) is 33.0 Å². The number of carbonyl (C=O) groups excluding carboxylic acids is 1. The Bertz CT molecular complexity index is 461. The minimum absolute atomic E-state index is 0.197. The van der Waals surface area contributed by atoms with E-state index in [1.54, 1.807) is 7.11 Å². The highest BCUT2D eigenvalue weighted by Crippen LogP contribution is 2.26. The summed E-state index contributed by atoms with van der Waals surface area (Å²) in [5.41, 5.74) is 1.20. The first kappa shape index (κ1) is 15.3. The summed E-state index contributed by atoms with van der Waals surface area (Å²) in [6.45, 7) is 1.51. The lowest BCUT2D eigenvalue weighted by Crippen LogP contribution is -2.35. The second-order valence-electron chi connectivity index (χ2n) is 5.35. The number of rotatable bonds is 5. The van der Waals surface area contributed by atoms with Gasteiger partial charge in [0.1, 0.15) is 5.75 Å². The fourth-order valence-corrected chi connectivity index (χ4v) is 3.13. The molecule has 1 aromatic carbocycles. The summed E-state index contributed by atoms with van der Waals surface area (Å²) in [6, 6.07) is 8.25. The van der Waals surface area contributed by atoms with Gasteiger partial charge in [0.15, 0.2) is 0 Å². The molecule has 0 aliphatic carbocycles. The van der Waals surface area contributed by atoms with E-state index in [0.717, 1.165) is 18.8 Å². The third-order valence-electron chi connectivity index (χ3n) is 3.68. The summed E-state index contributed by atoms with van der Waals surface area (Å²) in [5, 5.41) is 0. The van der Waals surface area contributed by atoms with E-state index in [9.17, 15) is 4.79 Å². The maximum absolute atomic E-state index is 11.9. The smallest absolute Gasteiger partial charge is 0.223 e. The highest BCUT2D eigenvalue weighted by atomic mass is 79.9. The fourth-order valence-electron chi connectivity index (χ4n) is 2.50. The van der Waals surface area contributed by atoms with Crippen LogP contribution in [-0.2, 0) is 4.79 Å². The normalized spacial score (nSPS) is 20.6. The summed E-state index contributed by atoms with van der Waals surface area (Å²) in [5.74, 6) is 1.08. The highest BCUT2D eigenvalue weighted by Gasteiger charge is 2.30. The second kappa shape index (κ2) is 6.59. The van der Waals surface area contributed by atoms with E-state index in [-0.39, 0.29) is 16.8 Å². The molecule has 1 aromatic rings. The third kappa shape index (κ3) is 3.52. The quantitative estimate of drug-likeness (QED) is 0.771. The van der Waals surface area contributed by atoms with Gasteiger partial charge in [0, 0.05) is 24.3 Å². The van der Waals surface area contributed by atoms with Crippen molar-refractivity contribution in [3.05, 3.63) is 29.8 Å². The van der Waals surface area contributed by atoms with Crippen molar-refractivity contribution in [2.75, 3.05) is 34.3 Å². The van der Waals surface area contributed by atoms with Crippen molar-refractivity contribution in [3.8, 4) is 5.75 Å². The van der Waals surface area contributed by atoms with Crippen molar-refractivity contribution in [2.24, 2.45) is 0 Å². The lowest BCUT2D eigenvalue weighted by Gasteiger charge is -2.29. The van der Waals surface area contributed by atoms with E-state index in [1.807, 2.05) is 31.1 Å². The Kier molecular flexibility index (Phi) is 5.05. The van der Waals surface area contributed by atoms with E-state index in [0.29, 0.717) is 6.42 Å². The molecule has 1 saturated heterocycles. The number of amides is 1. The summed E-state index contributed by atoms with van der Waals surface area (Å²) in [6.07, 6.45) is 0.600. The van der Waals surface area contributed by atoms with E-state index in [1.165, 1.54) is 5.56 Å². The Morgan fingerprint density at radius 1 is 1.40 bits per heavy atom. The standard InChI is InChI=1S/C15H21BrN2O2/c1-17(2)14(10-18-9-12(16)8-15(18)19)11-4-6-13(20-3)7-5-11/h4-7,12,14H,8-10H2,1-3H3. The predicted octanol–water partition coefficient (Wildman–Crippen LogP) is 2.29. The Morgan fingerprint density at radius 3 is 2.50 bits per heavy atom. The number of benzene rings is 1. The summed E-state index contributed by atoms with van der Waals surface area (Å²) in [4.78, 5) is 16.3. The van der Waals surface area contributed by atoms with Gasteiger partial charge in [0.2, 0.25) is 5.91 Å². The van der Waals surface area contributed by atoms with Crippen LogP contribution < -0.4 is 4.74 Å². The van der Waals surface area contributed by atoms with E-state index >= 15 is 0 Å². The van der Waals surface area contributed by atoms with Crippen LogP contribution >= 0.6 is 15.9 Å². The van der Waals surface area contributed by atoms with Crippen molar-refractivity contribution in [3.63, 3.8) is 0 Å². The first-order chi connectivity index (χ1) is 9.51. The summed E-state index contributed by atoms with van der Waals surface area (Å²) in [7, 11) is 5.75. The van der Waals surface area contributed by atoms with Gasteiger partial charge in [-0.15, -0.1) is 0 Å². The van der Waals surface area contributed by atoms with Gasteiger partial charge in [-0.05, 0) is 31.8 Å². The largest absolute Gasteiger partial charge is 0.497 e. The maximum atomic E-state index is 11.9. The molecule has 1 fully saturated rings. The Morgan fingerprint density at radius 2 is 2.05 bits per heavy atom. The molecule has 0 saturated carbocycles. The predicted molar refractivity (Wildman–Crippen MR) is 83.3 cm³/mol. The zero-order valence-corrected chi connectivity index (χ0v) is 13.8. The lowest BCUT2D eigenvalue weighted by atomic mass is 10.1. The minimum atomic E-state index is 0.197. The van der Waals surface area contributed by atoms with Crippen LogP contribution in [0.2, 0.25) is 0 Å². The zero-order valence-electron chi connectivity index (χ0n) is 12.2. The van der Waals surface area contributed by atoms with Gasteiger partial charge >= 0.3 is 0 Å². The van der Waals surface area contributed by atoms with Crippen molar-refractivity contribution >= 4 is 21.8 Å². The van der Waals surface area contributed by atoms with Crippen LogP contribution in [0.4, 0.5) is 0 Å². The summed E-state index contributed by atoms with van der Waals surface area (Å²) < 4.78 is 5.19. The average Bonchev–Trinajstić information content (AvgIpc) is 2.74. The van der Waals surface area contributed by atoms with Crippen molar-refractivity contribution in [1.29, 1.82) is 0 Å². The van der Waals surface area contributed by atoms with Gasteiger partial charge in [-0.1, -0.05) is 28.1 Å². The number of hydrogen-bond donors (Lipinski definition) is 0. The molecule has 1 aliphatic rings. The molecule has 2 atom stereocenters. The van der Waals surface area contributed by atoms with Gasteiger partial charge in [0.25, 0.3) is 0 Å². The molecule has 0 bridgehead atoms. The first-order valence-electron chi connectivity index (χ1n) is 6.73. The molecule has 5 heteroatoms. The van der Waals surface area contributed by atoms with E-state index < -0.39 is 0 Å². The van der Waals surface area contributed by atoms with Crippen molar-refractivity contribution < 1.29 is 9.53 Å². The fraction of sp³-hybridized carbons (Fsp3) is 0.533. The molecular formula is C15H21BrN2O2. The Labute approximate surface area is 128 Å². The molecule has 2 rings (SSSR count). The number of likely N-dealkylation sites (N-methyl/N-ethyl adjacent to an activating group) is 1. The second-order valence-corrected chi connectivity index (χ2v) is 6.65. The molecular weight excluding hydrogens is 320 g/mol. The molecule has 2 unspecified atom stereocenters. The lowest BCUT2D eigenvalue weighted by molar-refractivity contribution is -0.128. The molecule has 0 N–H and O–H groups in total. The molecule has 4 nitrogen and oxygen atoms in total. The van der Waals surface area contributed by atoms with Crippen LogP contribution in [0.1, 0.15) is 18.0 Å². The Hall–Kier alpha value is -1.07. The molecule has 110 valence electrons. The van der Waals surface area contributed by atoms with Crippen LogP contribution in [0, 0.1) is 0 Å². The zero-order chi connectivity index (χ0) is 14.7. The van der Waals surface area contributed by atoms with Crippen molar-refractivity contribution in [2.45, 2.75) is 17.3 Å². The van der Waals surface area contributed by atoms with Gasteiger partial charge in [-0.25, -0.2) is 0 Å². The van der Waals surface area contributed by atoms with Crippen LogP contribution in [0.25, 0.3) is 0 Å². The number of nitrogens with zero attached hydrogens (tertiary/aromatic N) is 2. The van der Waals surface area contributed by atoms with Gasteiger partial charge in [-0.3, -0.25) is 4.79 Å². The molecule has 0 spiro atoms. The van der Waals surface area contributed by atoms with Crippen LogP contribution in [0.3, 0.4) is 0 Å². The van der Waals surface area contributed by atoms with Gasteiger partial charge < -0.3 is 14.5 Å². The van der Waals surface area contributed by atoms with Crippen molar-refractivity contribution in [1.82, 2.24) is 9.80 Å². The molecule has 1 aliphatic heterocycles. The van der Waals surface area contributed by atoms with Crippen LogP contribution in [0.5, 0.6) is 5.75 Å². The summed E-state index contributed by atoms with van der Waals surface area (Å²) >= 11 is 3.53. The number of hydrogen-bond acceptors (Lipinski definition) is 3. The number of alkyl halides is 1. The topological polar surface area (TPSA) is 32.8 Å². The van der Waals surface area contributed by atoms with Gasteiger partial charge in [-0.2, -0.15) is 0 Å². The molecule has 1 amide bonds. The number of ether oxygens (including phenoxy) is 1. The minimum Gasteiger partial charge on any atom is -0.497 e. The SMILES string of the molecule is COc1ccc(C(CN2CC(Br)CC2=O)N(C)C)cc1. The third-order valence-corrected chi connectivity index (χ3v) is 4.30. The molecule has 1 heterocycles. The van der Waals surface area contributed by atoms with Crippen LogP contribution in [-0.4, -0.2) is 54.8 Å². The average molecular weight is 341 g/mol. The number of carbonyl (C=O) groups is 1. The first-order valence-corrected chi connectivity index (χ1v) is 7.65. The van der Waals surface area contributed by atoms with E-state index in [4.69, 9.17) is 4.74 Å². The highest BCUT2D eigenvalue weighted by molar-refractivity contribution is 9.09. The monoisotopic (exact) mass is 340 g/mol. The van der Waals surface area contributed by atoms with Crippen LogP contribution in [0.15, 0.2) is 24.3 Å². The Balaban J connectivity index is 2.12. The molecule has 0 aromatic heterocycles. The number of halogens is 1. The number of methoxy groups -OCH3 is 1.